The molecule has 1 aliphatic carbocycles. The third kappa shape index (κ3) is 2.61. The van der Waals surface area contributed by atoms with E-state index in [9.17, 15) is 0 Å². The SMILES string of the molecule is CSCCCNC1CCc2c(C)cccc21. The van der Waals surface area contributed by atoms with Gasteiger partial charge in [0.05, 0.1) is 0 Å². The Morgan fingerprint density at radius 1 is 1.44 bits per heavy atom. The van der Waals surface area contributed by atoms with Gasteiger partial charge in [-0.1, -0.05) is 18.2 Å². The zero-order valence-electron chi connectivity index (χ0n) is 10.3. The number of rotatable bonds is 5. The molecule has 0 amide bonds. The molecule has 88 valence electrons. The zero-order valence-corrected chi connectivity index (χ0v) is 11.1. The summed E-state index contributed by atoms with van der Waals surface area (Å²) in [4.78, 5) is 0. The van der Waals surface area contributed by atoms with Gasteiger partial charge < -0.3 is 5.32 Å². The van der Waals surface area contributed by atoms with Gasteiger partial charge in [0.1, 0.15) is 0 Å². The van der Waals surface area contributed by atoms with Gasteiger partial charge in [-0.15, -0.1) is 0 Å². The Hall–Kier alpha value is -0.470. The monoisotopic (exact) mass is 235 g/mol. The van der Waals surface area contributed by atoms with Gasteiger partial charge in [-0.3, -0.25) is 0 Å². The maximum atomic E-state index is 3.69. The van der Waals surface area contributed by atoms with E-state index in [-0.39, 0.29) is 0 Å². The molecule has 1 atom stereocenters. The van der Waals surface area contributed by atoms with E-state index >= 15 is 0 Å². The van der Waals surface area contributed by atoms with Crippen LogP contribution in [0.4, 0.5) is 0 Å². The van der Waals surface area contributed by atoms with Gasteiger partial charge in [0, 0.05) is 6.04 Å². The quantitative estimate of drug-likeness (QED) is 0.786. The van der Waals surface area contributed by atoms with E-state index in [4.69, 9.17) is 0 Å². The molecule has 1 unspecified atom stereocenters. The first kappa shape index (κ1) is 12.0. The van der Waals surface area contributed by atoms with Crippen LogP contribution in [0.25, 0.3) is 0 Å². The van der Waals surface area contributed by atoms with Crippen molar-refractivity contribution in [3.05, 3.63) is 34.9 Å². The van der Waals surface area contributed by atoms with Crippen molar-refractivity contribution in [2.75, 3.05) is 18.6 Å². The van der Waals surface area contributed by atoms with E-state index in [0.717, 1.165) is 6.54 Å². The van der Waals surface area contributed by atoms with E-state index in [1.54, 1.807) is 11.1 Å². The number of aryl methyl sites for hydroxylation is 1. The largest absolute Gasteiger partial charge is 0.310 e. The minimum atomic E-state index is 0.608. The molecule has 0 heterocycles. The topological polar surface area (TPSA) is 12.0 Å². The van der Waals surface area contributed by atoms with Crippen LogP contribution in [0, 0.1) is 6.92 Å². The summed E-state index contributed by atoms with van der Waals surface area (Å²) in [5.41, 5.74) is 4.60. The Balaban J connectivity index is 1.93. The van der Waals surface area contributed by atoms with E-state index in [2.05, 4.69) is 36.7 Å². The van der Waals surface area contributed by atoms with Crippen molar-refractivity contribution in [3.63, 3.8) is 0 Å². The molecule has 0 spiro atoms. The van der Waals surface area contributed by atoms with Crippen LogP contribution in [0.5, 0.6) is 0 Å². The number of hydrogen-bond donors (Lipinski definition) is 1. The van der Waals surface area contributed by atoms with Gasteiger partial charge in [-0.25, -0.2) is 0 Å². The van der Waals surface area contributed by atoms with Crippen LogP contribution in [-0.2, 0) is 6.42 Å². The summed E-state index contributed by atoms with van der Waals surface area (Å²) in [6.45, 7) is 3.38. The first-order valence-electron chi connectivity index (χ1n) is 6.13. The first-order valence-corrected chi connectivity index (χ1v) is 7.53. The average molecular weight is 235 g/mol. The van der Waals surface area contributed by atoms with Gasteiger partial charge in [-0.05, 0) is 61.4 Å². The van der Waals surface area contributed by atoms with Gasteiger partial charge in [0.15, 0.2) is 0 Å². The molecule has 0 saturated heterocycles. The van der Waals surface area contributed by atoms with Crippen molar-refractivity contribution in [1.29, 1.82) is 0 Å². The highest BCUT2D eigenvalue weighted by Gasteiger charge is 2.22. The molecule has 0 aromatic heterocycles. The van der Waals surface area contributed by atoms with Crippen LogP contribution in [0.15, 0.2) is 18.2 Å². The van der Waals surface area contributed by atoms with E-state index < -0.39 is 0 Å². The van der Waals surface area contributed by atoms with Crippen LogP contribution in [-0.4, -0.2) is 18.6 Å². The van der Waals surface area contributed by atoms with Crippen LogP contribution in [0.1, 0.15) is 35.6 Å². The van der Waals surface area contributed by atoms with Crippen molar-refractivity contribution < 1.29 is 0 Å². The fraction of sp³-hybridized carbons (Fsp3) is 0.571. The maximum absolute atomic E-state index is 3.69. The normalized spacial score (nSPS) is 18.8. The molecule has 1 nitrogen and oxygen atoms in total. The Labute approximate surface area is 103 Å². The van der Waals surface area contributed by atoms with Crippen molar-refractivity contribution >= 4 is 11.8 Å². The molecule has 0 bridgehead atoms. The van der Waals surface area contributed by atoms with E-state index in [1.807, 2.05) is 11.8 Å². The second-order valence-electron chi connectivity index (χ2n) is 4.53. The van der Waals surface area contributed by atoms with Crippen molar-refractivity contribution in [1.82, 2.24) is 5.32 Å². The highest BCUT2D eigenvalue weighted by atomic mass is 32.2. The Morgan fingerprint density at radius 2 is 2.31 bits per heavy atom. The molecule has 1 aromatic rings. The molecular formula is C14H21NS. The standard InChI is InChI=1S/C14H21NS/c1-11-5-3-6-13-12(11)7-8-14(13)15-9-4-10-16-2/h3,5-6,14-15H,4,7-10H2,1-2H3. The fourth-order valence-electron chi connectivity index (χ4n) is 2.54. The predicted octanol–water partition coefficient (Wildman–Crippen LogP) is 3.33. The lowest BCUT2D eigenvalue weighted by atomic mass is 10.0. The second kappa shape index (κ2) is 5.74. The predicted molar refractivity (Wildman–Crippen MR) is 73.2 cm³/mol. The zero-order chi connectivity index (χ0) is 11.4. The van der Waals surface area contributed by atoms with Gasteiger partial charge in [0.25, 0.3) is 0 Å². The third-order valence-corrected chi connectivity index (χ3v) is 4.12. The molecule has 16 heavy (non-hydrogen) atoms. The lowest BCUT2D eigenvalue weighted by Crippen LogP contribution is -2.20. The highest BCUT2D eigenvalue weighted by Crippen LogP contribution is 2.32. The number of nitrogens with one attached hydrogen (secondary N) is 1. The van der Waals surface area contributed by atoms with Gasteiger partial charge in [0.2, 0.25) is 0 Å². The van der Waals surface area contributed by atoms with E-state index in [1.165, 1.54) is 30.6 Å². The Morgan fingerprint density at radius 3 is 3.12 bits per heavy atom. The van der Waals surface area contributed by atoms with Gasteiger partial charge in [-0.2, -0.15) is 11.8 Å². The molecule has 2 heteroatoms. The summed E-state index contributed by atoms with van der Waals surface area (Å²) in [6, 6.07) is 7.32. The first-order chi connectivity index (χ1) is 7.83. The van der Waals surface area contributed by atoms with Crippen LogP contribution in [0.2, 0.25) is 0 Å². The molecular weight excluding hydrogens is 214 g/mol. The molecule has 2 rings (SSSR count). The van der Waals surface area contributed by atoms with Crippen molar-refractivity contribution in [3.8, 4) is 0 Å². The van der Waals surface area contributed by atoms with Crippen LogP contribution in [0.3, 0.4) is 0 Å². The number of benzene rings is 1. The minimum Gasteiger partial charge on any atom is -0.310 e. The summed E-state index contributed by atoms with van der Waals surface area (Å²) in [7, 11) is 0. The van der Waals surface area contributed by atoms with Crippen LogP contribution < -0.4 is 5.32 Å². The number of fused-ring (bicyclic) bond motifs is 1. The summed E-state index contributed by atoms with van der Waals surface area (Å²) in [5, 5.41) is 3.69. The summed E-state index contributed by atoms with van der Waals surface area (Å²) >= 11 is 1.93. The minimum absolute atomic E-state index is 0.608. The molecule has 0 radical (unpaired) electrons. The summed E-state index contributed by atoms with van der Waals surface area (Å²) in [6.07, 6.45) is 5.98. The molecule has 1 N–H and O–H groups in total. The van der Waals surface area contributed by atoms with Gasteiger partial charge >= 0.3 is 0 Å². The highest BCUT2D eigenvalue weighted by molar-refractivity contribution is 7.98. The van der Waals surface area contributed by atoms with Crippen molar-refractivity contribution in [2.45, 2.75) is 32.2 Å². The van der Waals surface area contributed by atoms with E-state index in [0.29, 0.717) is 6.04 Å². The second-order valence-corrected chi connectivity index (χ2v) is 5.52. The molecule has 1 aromatic carbocycles. The molecule has 0 saturated carbocycles. The van der Waals surface area contributed by atoms with Crippen molar-refractivity contribution in [2.24, 2.45) is 0 Å². The molecule has 0 aliphatic heterocycles. The fourth-order valence-corrected chi connectivity index (χ4v) is 2.97. The average Bonchev–Trinajstić information content (AvgIpc) is 2.70. The molecule has 1 aliphatic rings. The third-order valence-electron chi connectivity index (χ3n) is 3.42. The lowest BCUT2D eigenvalue weighted by molar-refractivity contribution is 0.530. The molecule has 0 fully saturated rings. The lowest BCUT2D eigenvalue weighted by Gasteiger charge is -2.14. The number of thioether (sulfide) groups is 1. The maximum Gasteiger partial charge on any atom is 0.0326 e. The Bertz CT molecular complexity index is 349. The summed E-state index contributed by atoms with van der Waals surface area (Å²) in [5.74, 6) is 1.26. The smallest absolute Gasteiger partial charge is 0.0326 e. The van der Waals surface area contributed by atoms with Crippen LogP contribution >= 0.6 is 11.8 Å². The Kier molecular flexibility index (Phi) is 4.30. The summed E-state index contributed by atoms with van der Waals surface area (Å²) < 4.78 is 0. The number of hydrogen-bond acceptors (Lipinski definition) is 2.